The maximum atomic E-state index is 12.5. The molecule has 0 heterocycles. The van der Waals surface area contributed by atoms with Crippen LogP contribution in [0.1, 0.15) is 13.3 Å². The predicted molar refractivity (Wildman–Crippen MR) is 50.9 cm³/mol. The van der Waals surface area contributed by atoms with E-state index in [4.69, 9.17) is 4.74 Å². The van der Waals surface area contributed by atoms with Crippen molar-refractivity contribution in [3.63, 3.8) is 0 Å². The smallest absolute Gasteiger partial charge is 0.497 e. The third-order valence-corrected chi connectivity index (χ3v) is 1.73. The Morgan fingerprint density at radius 1 is 1.20 bits per heavy atom. The molecule has 0 bridgehead atoms. The summed E-state index contributed by atoms with van der Waals surface area (Å²) in [7, 11) is 0. The van der Waals surface area contributed by atoms with Gasteiger partial charge in [0.1, 0.15) is 0 Å². The normalized spacial score (nSPS) is 10.7. The van der Waals surface area contributed by atoms with Gasteiger partial charge >= 0.3 is 58.4 Å². The van der Waals surface area contributed by atoms with Gasteiger partial charge in [-0.3, -0.25) is 0 Å². The average molecular weight is 242 g/mol. The van der Waals surface area contributed by atoms with Crippen LogP contribution in [0.25, 0.3) is 0 Å². The minimum atomic E-state index is -4.98. The summed E-state index contributed by atoms with van der Waals surface area (Å²) in [6.07, 6.45) is 0.694. The summed E-state index contributed by atoms with van der Waals surface area (Å²) in [5, 5.41) is 0. The minimum absolute atomic E-state index is 0. The van der Waals surface area contributed by atoms with E-state index in [1.165, 1.54) is 18.2 Å². The van der Waals surface area contributed by atoms with Crippen LogP contribution in [-0.4, -0.2) is 13.6 Å². The molecular formula is C9H11BF3KO. The van der Waals surface area contributed by atoms with Crippen LogP contribution in [-0.2, 0) is 0 Å². The summed E-state index contributed by atoms with van der Waals surface area (Å²) in [5.41, 5.74) is -0.652. The van der Waals surface area contributed by atoms with E-state index in [2.05, 4.69) is 0 Å². The zero-order valence-electron chi connectivity index (χ0n) is 8.84. The van der Waals surface area contributed by atoms with Crippen molar-refractivity contribution in [2.75, 3.05) is 6.61 Å². The second kappa shape index (κ2) is 6.96. The predicted octanol–water partition coefficient (Wildman–Crippen LogP) is -0.466. The number of rotatable bonds is 4. The van der Waals surface area contributed by atoms with Gasteiger partial charge in [0.2, 0.25) is 0 Å². The number of halogens is 3. The quantitative estimate of drug-likeness (QED) is 0.649. The van der Waals surface area contributed by atoms with Gasteiger partial charge in [0, 0.05) is 0 Å². The Labute approximate surface area is 130 Å². The van der Waals surface area contributed by atoms with Crippen molar-refractivity contribution in [3.05, 3.63) is 24.3 Å². The molecule has 1 aromatic rings. The van der Waals surface area contributed by atoms with Gasteiger partial charge in [-0.05, 0) is 12.5 Å². The molecule has 0 radical (unpaired) electrons. The van der Waals surface area contributed by atoms with Gasteiger partial charge < -0.3 is 17.7 Å². The maximum absolute atomic E-state index is 12.5. The molecule has 0 aromatic heterocycles. The first-order valence-electron chi connectivity index (χ1n) is 4.47. The van der Waals surface area contributed by atoms with Crippen molar-refractivity contribution in [1.82, 2.24) is 0 Å². The first-order valence-corrected chi connectivity index (χ1v) is 4.47. The molecule has 1 rings (SSSR count). The molecule has 0 saturated heterocycles. The van der Waals surface area contributed by atoms with Crippen LogP contribution < -0.4 is 61.6 Å². The van der Waals surface area contributed by atoms with E-state index >= 15 is 0 Å². The number of benzene rings is 1. The average Bonchev–Trinajstić information content (AvgIpc) is 2.14. The van der Waals surface area contributed by atoms with Crippen molar-refractivity contribution in [2.24, 2.45) is 0 Å². The fourth-order valence-corrected chi connectivity index (χ4v) is 1.09. The molecule has 0 aliphatic heterocycles. The summed E-state index contributed by atoms with van der Waals surface area (Å²) < 4.78 is 42.4. The van der Waals surface area contributed by atoms with Crippen LogP contribution in [0.3, 0.4) is 0 Å². The van der Waals surface area contributed by atoms with E-state index in [0.29, 0.717) is 13.0 Å². The topological polar surface area (TPSA) is 9.23 Å². The van der Waals surface area contributed by atoms with Crippen LogP contribution >= 0.6 is 0 Å². The van der Waals surface area contributed by atoms with Gasteiger partial charge in [0.15, 0.2) is 0 Å². The summed E-state index contributed by atoms with van der Waals surface area (Å²) in [6, 6.07) is 5.30. The Morgan fingerprint density at radius 2 is 1.80 bits per heavy atom. The fourth-order valence-electron chi connectivity index (χ4n) is 1.09. The second-order valence-electron chi connectivity index (χ2n) is 2.96. The number of hydrogen-bond donors (Lipinski definition) is 0. The molecule has 15 heavy (non-hydrogen) atoms. The minimum Gasteiger partial charge on any atom is -0.497 e. The number of para-hydroxylation sites is 1. The van der Waals surface area contributed by atoms with Crippen molar-refractivity contribution in [1.29, 1.82) is 0 Å². The molecule has 0 N–H and O–H groups in total. The van der Waals surface area contributed by atoms with E-state index < -0.39 is 12.4 Å². The molecule has 0 aliphatic rings. The molecule has 0 saturated carbocycles. The van der Waals surface area contributed by atoms with Crippen molar-refractivity contribution in [3.8, 4) is 5.75 Å². The molecule has 0 spiro atoms. The first kappa shape index (κ1) is 15.5. The van der Waals surface area contributed by atoms with E-state index in [1.807, 2.05) is 6.92 Å². The van der Waals surface area contributed by atoms with Gasteiger partial charge in [0.25, 0.3) is 0 Å². The maximum Gasteiger partial charge on any atom is 1.00 e. The van der Waals surface area contributed by atoms with Gasteiger partial charge in [-0.15, -0.1) is 0 Å². The van der Waals surface area contributed by atoms with E-state index in [9.17, 15) is 12.9 Å². The Bertz CT molecular complexity index is 304. The molecule has 0 atom stereocenters. The number of ether oxygens (including phenoxy) is 1. The summed E-state index contributed by atoms with van der Waals surface area (Å²) in [4.78, 5) is 0. The summed E-state index contributed by atoms with van der Waals surface area (Å²) >= 11 is 0. The molecule has 78 valence electrons. The molecule has 0 amide bonds. The molecule has 1 aromatic carbocycles. The van der Waals surface area contributed by atoms with Crippen LogP contribution in [0.15, 0.2) is 24.3 Å². The molecule has 0 aliphatic carbocycles. The van der Waals surface area contributed by atoms with Gasteiger partial charge in [-0.1, -0.05) is 30.6 Å². The molecule has 0 fully saturated rings. The van der Waals surface area contributed by atoms with Crippen LogP contribution in [0.4, 0.5) is 12.9 Å². The molecular weight excluding hydrogens is 231 g/mol. The standard InChI is InChI=1S/C9H11BF3O.K/c1-2-7-14-9-6-4-3-5-8(9)10(11,12)13;/h3-6H,2,7H2,1H3;/q-1;+1. The van der Waals surface area contributed by atoms with Crippen LogP contribution in [0, 0.1) is 0 Å². The monoisotopic (exact) mass is 242 g/mol. The largest absolute Gasteiger partial charge is 1.00 e. The van der Waals surface area contributed by atoms with Gasteiger partial charge in [0.05, 0.1) is 12.4 Å². The summed E-state index contributed by atoms with van der Waals surface area (Å²) in [5.74, 6) is -0.0677. The molecule has 6 heteroatoms. The first-order chi connectivity index (χ1) is 6.55. The molecule has 1 nitrogen and oxygen atoms in total. The van der Waals surface area contributed by atoms with Gasteiger partial charge in [-0.25, -0.2) is 0 Å². The molecule has 0 unspecified atom stereocenters. The SMILES string of the molecule is CCCOc1ccccc1[B-](F)(F)F.[K+]. The second-order valence-corrected chi connectivity index (χ2v) is 2.96. The zero-order valence-corrected chi connectivity index (χ0v) is 12.0. The fraction of sp³-hybridized carbons (Fsp3) is 0.333. The van der Waals surface area contributed by atoms with Crippen LogP contribution in [0.2, 0.25) is 0 Å². The van der Waals surface area contributed by atoms with Crippen LogP contribution in [0.5, 0.6) is 5.75 Å². The van der Waals surface area contributed by atoms with E-state index in [0.717, 1.165) is 6.07 Å². The Morgan fingerprint density at radius 3 is 2.33 bits per heavy atom. The van der Waals surface area contributed by atoms with Gasteiger partial charge in [-0.2, -0.15) is 0 Å². The van der Waals surface area contributed by atoms with Crippen molar-refractivity contribution < 1.29 is 69.1 Å². The van der Waals surface area contributed by atoms with Crippen molar-refractivity contribution in [2.45, 2.75) is 13.3 Å². The van der Waals surface area contributed by atoms with E-state index in [1.54, 1.807) is 0 Å². The van der Waals surface area contributed by atoms with E-state index in [-0.39, 0.29) is 57.1 Å². The van der Waals surface area contributed by atoms with Crippen molar-refractivity contribution >= 4 is 12.4 Å². The Balaban J connectivity index is 0.00000196. The Kier molecular flexibility index (Phi) is 7.20. The Hall–Kier alpha value is 0.511. The summed E-state index contributed by atoms with van der Waals surface area (Å²) in [6.45, 7) is -2.82. The third kappa shape index (κ3) is 4.91. The zero-order chi connectivity index (χ0) is 10.6. The third-order valence-electron chi connectivity index (χ3n) is 1.73. The number of hydrogen-bond acceptors (Lipinski definition) is 1.